The number of nitrogens with zero attached hydrogens (tertiary/aromatic N) is 1. The van der Waals surface area contributed by atoms with Gasteiger partial charge in [-0.15, -0.1) is 11.8 Å². The molecule has 0 radical (unpaired) electrons. The molecule has 156 valence electrons. The van der Waals surface area contributed by atoms with Crippen molar-refractivity contribution in [3.63, 3.8) is 0 Å². The van der Waals surface area contributed by atoms with Gasteiger partial charge in [0, 0.05) is 6.07 Å². The third kappa shape index (κ3) is 7.06. The Morgan fingerprint density at radius 2 is 1.97 bits per heavy atom. The lowest BCUT2D eigenvalue weighted by molar-refractivity contribution is -0.150. The number of amides is 2. The largest absolute Gasteiger partial charge is 0.452 e. The summed E-state index contributed by atoms with van der Waals surface area (Å²) in [6.07, 6.45) is -1.11. The fraction of sp³-hybridized carbons (Fsp3) is 0.333. The predicted molar refractivity (Wildman–Crippen MR) is 107 cm³/mol. The second-order valence-electron chi connectivity index (χ2n) is 6.01. The maximum absolute atomic E-state index is 13.0. The molecule has 0 spiro atoms. The molecule has 0 saturated heterocycles. The lowest BCUT2D eigenvalue weighted by Gasteiger charge is -2.15. The number of hydrogen-bond acceptors (Lipinski definition) is 7. The first kappa shape index (κ1) is 22.7. The third-order valence-electron chi connectivity index (χ3n) is 3.57. The van der Waals surface area contributed by atoms with Crippen molar-refractivity contribution in [3.8, 4) is 0 Å². The molecule has 2 N–H and O–H groups in total. The van der Waals surface area contributed by atoms with Gasteiger partial charge in [0.25, 0.3) is 5.91 Å². The van der Waals surface area contributed by atoms with Gasteiger partial charge in [-0.05, 0) is 39.0 Å². The first-order chi connectivity index (χ1) is 13.7. The van der Waals surface area contributed by atoms with Crippen LogP contribution < -0.4 is 10.6 Å². The fourth-order valence-electron chi connectivity index (χ4n) is 2.03. The summed E-state index contributed by atoms with van der Waals surface area (Å²) in [6.45, 7) is 4.70. The molecule has 2 aromatic rings. The van der Waals surface area contributed by atoms with Crippen LogP contribution in [0.3, 0.4) is 0 Å². The van der Waals surface area contributed by atoms with Crippen molar-refractivity contribution in [2.45, 2.75) is 32.1 Å². The number of carbonyl (C=O) groups excluding carboxylic acids is 3. The molecule has 2 atom stereocenters. The van der Waals surface area contributed by atoms with Gasteiger partial charge in [0.1, 0.15) is 11.6 Å². The fourth-order valence-corrected chi connectivity index (χ4v) is 2.91. The van der Waals surface area contributed by atoms with Crippen molar-refractivity contribution in [1.82, 2.24) is 5.16 Å². The molecule has 0 unspecified atom stereocenters. The summed E-state index contributed by atoms with van der Waals surface area (Å²) in [5.74, 6) is -1.48. The molecular formula is C18H19ClFN3O5S. The monoisotopic (exact) mass is 443 g/mol. The quantitative estimate of drug-likeness (QED) is 0.601. The second-order valence-corrected chi connectivity index (χ2v) is 7.75. The Bertz CT molecular complexity index is 907. The zero-order valence-corrected chi connectivity index (χ0v) is 17.4. The molecule has 0 aliphatic carbocycles. The van der Waals surface area contributed by atoms with Crippen LogP contribution in [0.1, 0.15) is 19.6 Å². The van der Waals surface area contributed by atoms with Crippen LogP contribution in [0.15, 0.2) is 28.8 Å². The molecule has 0 aliphatic heterocycles. The maximum atomic E-state index is 13.0. The lowest BCUT2D eigenvalue weighted by Crippen LogP contribution is -2.31. The summed E-state index contributed by atoms with van der Waals surface area (Å²) >= 11 is 6.88. The molecule has 1 aromatic heterocycles. The van der Waals surface area contributed by atoms with Crippen molar-refractivity contribution in [1.29, 1.82) is 0 Å². The number of aromatic nitrogens is 1. The van der Waals surface area contributed by atoms with Crippen LogP contribution in [0.25, 0.3) is 0 Å². The van der Waals surface area contributed by atoms with Gasteiger partial charge in [0.05, 0.1) is 21.7 Å². The minimum Gasteiger partial charge on any atom is -0.452 e. The Hall–Kier alpha value is -2.59. The van der Waals surface area contributed by atoms with Gasteiger partial charge in [-0.2, -0.15) is 0 Å². The molecule has 0 bridgehead atoms. The zero-order chi connectivity index (χ0) is 21.6. The van der Waals surface area contributed by atoms with E-state index in [1.807, 2.05) is 0 Å². The SMILES string of the molecule is Cc1cc(NC(=O)[C@H](C)SCC(=O)O[C@@H](C)C(=O)Nc2ccc(F)cc2Cl)no1. The van der Waals surface area contributed by atoms with Crippen LogP contribution in [0.4, 0.5) is 15.9 Å². The first-order valence-electron chi connectivity index (χ1n) is 8.47. The Kier molecular flexibility index (Phi) is 8.03. The van der Waals surface area contributed by atoms with Gasteiger partial charge in [-0.3, -0.25) is 14.4 Å². The normalized spacial score (nSPS) is 12.7. The van der Waals surface area contributed by atoms with Crippen LogP contribution >= 0.6 is 23.4 Å². The lowest BCUT2D eigenvalue weighted by atomic mass is 10.3. The number of nitrogens with one attached hydrogen (secondary N) is 2. The minimum absolute atomic E-state index is 0.0228. The van der Waals surface area contributed by atoms with Gasteiger partial charge < -0.3 is 19.9 Å². The molecule has 8 nitrogen and oxygen atoms in total. The van der Waals surface area contributed by atoms with Crippen molar-refractivity contribution in [2.75, 3.05) is 16.4 Å². The standard InChI is InChI=1S/C18H19ClFN3O5S/c1-9-6-15(23-28-9)22-18(26)11(3)29-8-16(24)27-10(2)17(25)21-14-5-4-12(20)7-13(14)19/h4-7,10-11H,8H2,1-3H3,(H,21,25)(H,22,23,26)/t10-,11-/m0/s1. The summed E-state index contributed by atoms with van der Waals surface area (Å²) in [5, 5.41) is 8.13. The smallest absolute Gasteiger partial charge is 0.316 e. The summed E-state index contributed by atoms with van der Waals surface area (Å²) in [4.78, 5) is 36.1. The number of aryl methyl sites for hydroxylation is 1. The molecule has 1 heterocycles. The number of ether oxygens (including phenoxy) is 1. The van der Waals surface area contributed by atoms with Crippen LogP contribution in [0.2, 0.25) is 5.02 Å². The van der Waals surface area contributed by atoms with E-state index in [0.717, 1.165) is 23.9 Å². The Balaban J connectivity index is 1.77. The van der Waals surface area contributed by atoms with Gasteiger partial charge in [0.15, 0.2) is 11.9 Å². The van der Waals surface area contributed by atoms with E-state index in [1.165, 1.54) is 13.0 Å². The third-order valence-corrected chi connectivity index (χ3v) is 5.00. The zero-order valence-electron chi connectivity index (χ0n) is 15.8. The number of hydrogen-bond donors (Lipinski definition) is 2. The Labute approximate surface area is 175 Å². The van der Waals surface area contributed by atoms with Crippen molar-refractivity contribution in [2.24, 2.45) is 0 Å². The number of thioether (sulfide) groups is 1. The molecule has 0 fully saturated rings. The van der Waals surface area contributed by atoms with Crippen molar-refractivity contribution < 1.29 is 28.0 Å². The molecule has 0 saturated carbocycles. The number of halogens is 2. The average Bonchev–Trinajstić information content (AvgIpc) is 3.06. The van der Waals surface area contributed by atoms with Gasteiger partial charge in [0.2, 0.25) is 5.91 Å². The number of anilines is 2. The number of benzene rings is 1. The Morgan fingerprint density at radius 1 is 1.24 bits per heavy atom. The predicted octanol–water partition coefficient (Wildman–Crippen LogP) is 3.41. The highest BCUT2D eigenvalue weighted by Crippen LogP contribution is 2.22. The summed E-state index contributed by atoms with van der Waals surface area (Å²) in [6, 6.07) is 5.06. The highest BCUT2D eigenvalue weighted by Gasteiger charge is 2.21. The topological polar surface area (TPSA) is 111 Å². The Morgan fingerprint density at radius 3 is 2.59 bits per heavy atom. The van der Waals surface area contributed by atoms with Crippen LogP contribution in [0.5, 0.6) is 0 Å². The highest BCUT2D eigenvalue weighted by molar-refractivity contribution is 8.01. The first-order valence-corrected chi connectivity index (χ1v) is 9.89. The minimum atomic E-state index is -1.11. The van der Waals surface area contributed by atoms with E-state index >= 15 is 0 Å². The van der Waals surface area contributed by atoms with Crippen LogP contribution in [-0.2, 0) is 19.1 Å². The maximum Gasteiger partial charge on any atom is 0.316 e. The van der Waals surface area contributed by atoms with Gasteiger partial charge in [-0.1, -0.05) is 16.8 Å². The van der Waals surface area contributed by atoms with Crippen molar-refractivity contribution >= 4 is 52.7 Å². The number of carbonyl (C=O) groups is 3. The molecule has 29 heavy (non-hydrogen) atoms. The van der Waals surface area contributed by atoms with Gasteiger partial charge in [-0.25, -0.2) is 4.39 Å². The summed E-state index contributed by atoms with van der Waals surface area (Å²) in [7, 11) is 0. The number of rotatable bonds is 8. The van der Waals surface area contributed by atoms with E-state index in [4.69, 9.17) is 20.9 Å². The molecule has 0 aliphatic rings. The molecule has 2 amide bonds. The van der Waals surface area contributed by atoms with Crippen LogP contribution in [0, 0.1) is 12.7 Å². The summed E-state index contributed by atoms with van der Waals surface area (Å²) in [5.41, 5.74) is 0.198. The molecule has 2 rings (SSSR count). The number of esters is 1. The van der Waals surface area contributed by atoms with E-state index in [2.05, 4.69) is 15.8 Å². The molecular weight excluding hydrogens is 425 g/mol. The van der Waals surface area contributed by atoms with Gasteiger partial charge >= 0.3 is 5.97 Å². The second kappa shape index (κ2) is 10.3. The van der Waals surface area contributed by atoms with E-state index < -0.39 is 29.0 Å². The van der Waals surface area contributed by atoms with E-state index in [-0.39, 0.29) is 28.2 Å². The molecule has 11 heteroatoms. The molecule has 1 aromatic carbocycles. The van der Waals surface area contributed by atoms with Crippen LogP contribution in [-0.4, -0.2) is 40.0 Å². The van der Waals surface area contributed by atoms with E-state index in [9.17, 15) is 18.8 Å². The summed E-state index contributed by atoms with van der Waals surface area (Å²) < 4.78 is 22.9. The van der Waals surface area contributed by atoms with E-state index in [0.29, 0.717) is 5.76 Å². The highest BCUT2D eigenvalue weighted by atomic mass is 35.5. The average molecular weight is 444 g/mol. The van der Waals surface area contributed by atoms with Crippen molar-refractivity contribution in [3.05, 3.63) is 40.9 Å². The van der Waals surface area contributed by atoms with E-state index in [1.54, 1.807) is 19.9 Å².